The zero-order chi connectivity index (χ0) is 20.9. The Morgan fingerprint density at radius 2 is 2.00 bits per heavy atom. The normalized spacial score (nSPS) is 19.0. The van der Waals surface area contributed by atoms with Crippen LogP contribution in [0.2, 0.25) is 0 Å². The van der Waals surface area contributed by atoms with E-state index in [1.54, 1.807) is 11.1 Å². The summed E-state index contributed by atoms with van der Waals surface area (Å²) in [5.41, 5.74) is 3.64. The highest BCUT2D eigenvalue weighted by Crippen LogP contribution is 2.22. The van der Waals surface area contributed by atoms with E-state index in [1.807, 2.05) is 43.3 Å². The van der Waals surface area contributed by atoms with E-state index in [2.05, 4.69) is 15.2 Å². The summed E-state index contributed by atoms with van der Waals surface area (Å²) in [5, 5.41) is 2.98. The summed E-state index contributed by atoms with van der Waals surface area (Å²) in [7, 11) is 0. The molecule has 1 aromatic heterocycles. The van der Waals surface area contributed by atoms with E-state index >= 15 is 0 Å². The highest BCUT2D eigenvalue weighted by molar-refractivity contribution is 5.96. The molecule has 0 spiro atoms. The number of nitrogens with one attached hydrogen (secondary N) is 1. The topological polar surface area (TPSA) is 74.8 Å². The van der Waals surface area contributed by atoms with Crippen LogP contribution in [-0.4, -0.2) is 61.1 Å². The van der Waals surface area contributed by atoms with Crippen LogP contribution >= 0.6 is 0 Å². The Hall–Kier alpha value is -2.93. The molecule has 2 aromatic rings. The zero-order valence-electron chi connectivity index (χ0n) is 17.3. The lowest BCUT2D eigenvalue weighted by molar-refractivity contribution is -0.124. The molecule has 2 saturated heterocycles. The van der Waals surface area contributed by atoms with Gasteiger partial charge in [-0.05, 0) is 43.2 Å². The van der Waals surface area contributed by atoms with Crippen molar-refractivity contribution in [1.29, 1.82) is 0 Å². The van der Waals surface area contributed by atoms with Crippen LogP contribution in [0.25, 0.3) is 0 Å². The van der Waals surface area contributed by atoms with E-state index in [4.69, 9.17) is 4.74 Å². The third-order valence-corrected chi connectivity index (χ3v) is 5.86. The molecule has 0 radical (unpaired) electrons. The first-order chi connectivity index (χ1) is 14.6. The Morgan fingerprint density at radius 3 is 2.80 bits per heavy atom. The number of anilines is 1. The van der Waals surface area contributed by atoms with Crippen molar-refractivity contribution < 1.29 is 14.3 Å². The monoisotopic (exact) mass is 408 g/mol. The maximum Gasteiger partial charge on any atom is 0.253 e. The Kier molecular flexibility index (Phi) is 6.28. The van der Waals surface area contributed by atoms with E-state index in [0.29, 0.717) is 44.8 Å². The van der Waals surface area contributed by atoms with Crippen LogP contribution in [0.15, 0.2) is 42.6 Å². The van der Waals surface area contributed by atoms with E-state index < -0.39 is 0 Å². The SMILES string of the molecule is Cc1cccnc1CNC(=O)C1CCN(C(=O)c2cccc(N3CCOCC3)c2)C1. The van der Waals surface area contributed by atoms with Gasteiger partial charge in [0.1, 0.15) is 0 Å². The molecule has 158 valence electrons. The lowest BCUT2D eigenvalue weighted by Gasteiger charge is -2.29. The molecule has 30 heavy (non-hydrogen) atoms. The molecule has 0 saturated carbocycles. The summed E-state index contributed by atoms with van der Waals surface area (Å²) in [6.07, 6.45) is 2.41. The summed E-state index contributed by atoms with van der Waals surface area (Å²) < 4.78 is 5.41. The van der Waals surface area contributed by atoms with Gasteiger partial charge in [-0.3, -0.25) is 14.6 Å². The van der Waals surface area contributed by atoms with Crippen molar-refractivity contribution >= 4 is 17.5 Å². The van der Waals surface area contributed by atoms with Gasteiger partial charge in [0.15, 0.2) is 0 Å². The van der Waals surface area contributed by atoms with Crippen LogP contribution in [0.5, 0.6) is 0 Å². The summed E-state index contributed by atoms with van der Waals surface area (Å²) in [6.45, 7) is 6.53. The number of likely N-dealkylation sites (tertiary alicyclic amines) is 1. The van der Waals surface area contributed by atoms with Gasteiger partial charge in [0, 0.05) is 43.6 Å². The fourth-order valence-electron chi connectivity index (χ4n) is 4.02. The number of hydrogen-bond acceptors (Lipinski definition) is 5. The molecule has 1 atom stereocenters. The Balaban J connectivity index is 1.34. The maximum atomic E-state index is 13.0. The molecule has 2 aliphatic rings. The molecular formula is C23H28N4O3. The Bertz CT molecular complexity index is 911. The van der Waals surface area contributed by atoms with Crippen molar-refractivity contribution in [2.24, 2.45) is 5.92 Å². The van der Waals surface area contributed by atoms with Gasteiger partial charge in [0.25, 0.3) is 5.91 Å². The lowest BCUT2D eigenvalue weighted by atomic mass is 10.1. The number of nitrogens with zero attached hydrogens (tertiary/aromatic N) is 3. The number of ether oxygens (including phenoxy) is 1. The highest BCUT2D eigenvalue weighted by Gasteiger charge is 2.31. The number of hydrogen-bond donors (Lipinski definition) is 1. The average molecular weight is 409 g/mol. The van der Waals surface area contributed by atoms with E-state index in [1.165, 1.54) is 0 Å². The van der Waals surface area contributed by atoms with Gasteiger partial charge >= 0.3 is 0 Å². The molecule has 3 heterocycles. The molecule has 7 nitrogen and oxygen atoms in total. The highest BCUT2D eigenvalue weighted by atomic mass is 16.5. The maximum absolute atomic E-state index is 13.0. The van der Waals surface area contributed by atoms with Crippen molar-refractivity contribution in [2.45, 2.75) is 19.9 Å². The molecular weight excluding hydrogens is 380 g/mol. The summed E-state index contributed by atoms with van der Waals surface area (Å²) in [5.74, 6) is -0.209. The zero-order valence-corrected chi connectivity index (χ0v) is 17.3. The number of benzene rings is 1. The Morgan fingerprint density at radius 1 is 1.17 bits per heavy atom. The molecule has 2 amide bonds. The smallest absolute Gasteiger partial charge is 0.253 e. The number of carbonyl (C=O) groups is 2. The van der Waals surface area contributed by atoms with Crippen molar-refractivity contribution in [3.63, 3.8) is 0 Å². The third-order valence-electron chi connectivity index (χ3n) is 5.86. The second-order valence-corrected chi connectivity index (χ2v) is 7.87. The quantitative estimate of drug-likeness (QED) is 0.819. The van der Waals surface area contributed by atoms with Gasteiger partial charge in [0.2, 0.25) is 5.91 Å². The van der Waals surface area contributed by atoms with Crippen molar-refractivity contribution in [3.8, 4) is 0 Å². The van der Waals surface area contributed by atoms with Crippen molar-refractivity contribution in [3.05, 3.63) is 59.4 Å². The molecule has 7 heteroatoms. The van der Waals surface area contributed by atoms with Gasteiger partial charge in [0.05, 0.1) is 31.4 Å². The van der Waals surface area contributed by atoms with Gasteiger partial charge in [-0.25, -0.2) is 0 Å². The fourth-order valence-corrected chi connectivity index (χ4v) is 4.02. The minimum Gasteiger partial charge on any atom is -0.378 e. The van der Waals surface area contributed by atoms with Crippen LogP contribution in [0, 0.1) is 12.8 Å². The summed E-state index contributed by atoms with van der Waals surface area (Å²) in [6, 6.07) is 11.6. The number of pyridine rings is 1. The minimum absolute atomic E-state index is 0.0130. The summed E-state index contributed by atoms with van der Waals surface area (Å²) in [4.78, 5) is 34.0. The predicted molar refractivity (Wildman–Crippen MR) is 114 cm³/mol. The first-order valence-electron chi connectivity index (χ1n) is 10.5. The second-order valence-electron chi connectivity index (χ2n) is 7.87. The van der Waals surface area contributed by atoms with E-state index in [0.717, 1.165) is 30.0 Å². The van der Waals surface area contributed by atoms with Gasteiger partial charge < -0.3 is 19.9 Å². The second kappa shape index (κ2) is 9.26. The number of rotatable bonds is 5. The number of aryl methyl sites for hydroxylation is 1. The predicted octanol–water partition coefficient (Wildman–Crippen LogP) is 2.01. The van der Waals surface area contributed by atoms with Crippen LogP contribution in [0.3, 0.4) is 0 Å². The fraction of sp³-hybridized carbons (Fsp3) is 0.435. The van der Waals surface area contributed by atoms with Crippen LogP contribution in [0.4, 0.5) is 5.69 Å². The Labute approximate surface area is 177 Å². The number of carbonyl (C=O) groups excluding carboxylic acids is 2. The summed E-state index contributed by atoms with van der Waals surface area (Å²) >= 11 is 0. The van der Waals surface area contributed by atoms with E-state index in [9.17, 15) is 9.59 Å². The largest absolute Gasteiger partial charge is 0.378 e. The molecule has 2 fully saturated rings. The molecule has 2 aliphatic heterocycles. The van der Waals surface area contributed by atoms with Gasteiger partial charge in [-0.1, -0.05) is 12.1 Å². The van der Waals surface area contributed by atoms with Gasteiger partial charge in [-0.2, -0.15) is 0 Å². The van der Waals surface area contributed by atoms with E-state index in [-0.39, 0.29) is 17.7 Å². The molecule has 1 unspecified atom stereocenters. The standard InChI is InChI=1S/C23H28N4O3/c1-17-4-3-8-24-21(17)15-25-22(28)19-7-9-27(16-19)23(29)18-5-2-6-20(14-18)26-10-12-30-13-11-26/h2-6,8,14,19H,7,9-13,15-16H2,1H3,(H,25,28). The lowest BCUT2D eigenvalue weighted by Crippen LogP contribution is -2.36. The van der Waals surface area contributed by atoms with Crippen LogP contribution in [0.1, 0.15) is 28.0 Å². The number of morpholine rings is 1. The van der Waals surface area contributed by atoms with Crippen molar-refractivity contribution in [1.82, 2.24) is 15.2 Å². The van der Waals surface area contributed by atoms with Crippen molar-refractivity contribution in [2.75, 3.05) is 44.3 Å². The third kappa shape index (κ3) is 4.62. The molecule has 4 rings (SSSR count). The molecule has 1 aromatic carbocycles. The van der Waals surface area contributed by atoms with Crippen LogP contribution in [-0.2, 0) is 16.1 Å². The first kappa shape index (κ1) is 20.3. The molecule has 0 bridgehead atoms. The molecule has 1 N–H and O–H groups in total. The van der Waals surface area contributed by atoms with Crippen LogP contribution < -0.4 is 10.2 Å². The van der Waals surface area contributed by atoms with Gasteiger partial charge in [-0.15, -0.1) is 0 Å². The average Bonchev–Trinajstić information content (AvgIpc) is 3.29. The first-order valence-corrected chi connectivity index (χ1v) is 10.5. The number of aromatic nitrogens is 1. The minimum atomic E-state index is -0.180. The number of amides is 2. The molecule has 0 aliphatic carbocycles.